The molecular weight excluding hydrogens is 234 g/mol. The van der Waals surface area contributed by atoms with Crippen molar-refractivity contribution in [2.24, 2.45) is 0 Å². The topological polar surface area (TPSA) is 80.3 Å². The summed E-state index contributed by atoms with van der Waals surface area (Å²) in [6.07, 6.45) is 2.27. The van der Waals surface area contributed by atoms with E-state index in [0.29, 0.717) is 11.3 Å². The third-order valence-corrected chi connectivity index (χ3v) is 1.87. The molecule has 0 aromatic carbocycles. The van der Waals surface area contributed by atoms with Crippen molar-refractivity contribution >= 4 is 17.7 Å². The molecule has 0 unspecified atom stereocenters. The fraction of sp³-hybridized carbons (Fsp3) is 0.417. The standard InChI is InChI=1S/C12H17N3O3/c1-12(2,3)18-11(17)15-9-5-8(6-14-7-9)10(16)13-4/h5-7H,1-4H3,(H,13,16)(H,15,17). The normalized spacial score (nSPS) is 10.7. The minimum atomic E-state index is -0.585. The highest BCUT2D eigenvalue weighted by Gasteiger charge is 2.16. The lowest BCUT2D eigenvalue weighted by atomic mass is 10.2. The summed E-state index contributed by atoms with van der Waals surface area (Å²) in [5.74, 6) is -0.268. The Kier molecular flexibility index (Phi) is 4.25. The maximum Gasteiger partial charge on any atom is 0.412 e. The van der Waals surface area contributed by atoms with Crippen LogP contribution >= 0.6 is 0 Å². The number of hydrogen-bond acceptors (Lipinski definition) is 4. The molecule has 0 aliphatic heterocycles. The van der Waals surface area contributed by atoms with E-state index in [-0.39, 0.29) is 5.91 Å². The van der Waals surface area contributed by atoms with Crippen LogP contribution in [0.15, 0.2) is 18.5 Å². The number of amides is 2. The smallest absolute Gasteiger partial charge is 0.412 e. The Morgan fingerprint density at radius 2 is 1.94 bits per heavy atom. The van der Waals surface area contributed by atoms with Gasteiger partial charge in [-0.05, 0) is 26.8 Å². The average Bonchev–Trinajstić information content (AvgIpc) is 2.25. The first-order valence-corrected chi connectivity index (χ1v) is 5.49. The molecule has 1 heterocycles. The highest BCUT2D eigenvalue weighted by molar-refractivity contribution is 5.95. The van der Waals surface area contributed by atoms with Gasteiger partial charge >= 0.3 is 6.09 Å². The second-order valence-electron chi connectivity index (χ2n) is 4.67. The molecule has 0 bridgehead atoms. The van der Waals surface area contributed by atoms with Gasteiger partial charge in [0.2, 0.25) is 0 Å². The predicted molar refractivity (Wildman–Crippen MR) is 67.5 cm³/mol. The fourth-order valence-electron chi connectivity index (χ4n) is 1.20. The van der Waals surface area contributed by atoms with Gasteiger partial charge in [0, 0.05) is 13.2 Å². The Morgan fingerprint density at radius 1 is 1.28 bits per heavy atom. The van der Waals surface area contributed by atoms with Gasteiger partial charge in [0.15, 0.2) is 0 Å². The van der Waals surface area contributed by atoms with E-state index in [0.717, 1.165) is 0 Å². The maximum absolute atomic E-state index is 11.5. The molecule has 18 heavy (non-hydrogen) atoms. The van der Waals surface area contributed by atoms with Crippen molar-refractivity contribution in [1.82, 2.24) is 10.3 Å². The fourth-order valence-corrected chi connectivity index (χ4v) is 1.20. The molecule has 0 fully saturated rings. The van der Waals surface area contributed by atoms with Crippen molar-refractivity contribution in [2.45, 2.75) is 26.4 Å². The Balaban J connectivity index is 2.74. The van der Waals surface area contributed by atoms with E-state index in [9.17, 15) is 9.59 Å². The summed E-state index contributed by atoms with van der Waals surface area (Å²) in [7, 11) is 1.52. The molecule has 0 radical (unpaired) electrons. The van der Waals surface area contributed by atoms with Crippen molar-refractivity contribution in [2.75, 3.05) is 12.4 Å². The summed E-state index contributed by atoms with van der Waals surface area (Å²) < 4.78 is 5.09. The zero-order valence-electron chi connectivity index (χ0n) is 10.9. The van der Waals surface area contributed by atoms with Gasteiger partial charge in [0.1, 0.15) is 5.60 Å². The van der Waals surface area contributed by atoms with E-state index in [1.807, 2.05) is 0 Å². The Morgan fingerprint density at radius 3 is 2.50 bits per heavy atom. The molecule has 6 heteroatoms. The number of anilines is 1. The zero-order valence-corrected chi connectivity index (χ0v) is 10.9. The van der Waals surface area contributed by atoms with Crippen molar-refractivity contribution in [1.29, 1.82) is 0 Å². The van der Waals surface area contributed by atoms with Crippen molar-refractivity contribution in [3.63, 3.8) is 0 Å². The summed E-state index contributed by atoms with van der Waals surface area (Å²) >= 11 is 0. The molecule has 0 saturated carbocycles. The number of nitrogens with zero attached hydrogens (tertiary/aromatic N) is 1. The van der Waals surface area contributed by atoms with Gasteiger partial charge in [0.25, 0.3) is 5.91 Å². The highest BCUT2D eigenvalue weighted by Crippen LogP contribution is 2.12. The lowest BCUT2D eigenvalue weighted by Gasteiger charge is -2.19. The number of carbonyl (C=O) groups excluding carboxylic acids is 2. The largest absolute Gasteiger partial charge is 0.444 e. The quantitative estimate of drug-likeness (QED) is 0.839. The first-order chi connectivity index (χ1) is 8.31. The molecule has 0 aliphatic rings. The van der Waals surface area contributed by atoms with E-state index in [1.54, 1.807) is 20.8 Å². The molecule has 98 valence electrons. The van der Waals surface area contributed by atoms with E-state index in [2.05, 4.69) is 15.6 Å². The van der Waals surface area contributed by atoms with Gasteiger partial charge in [-0.3, -0.25) is 15.1 Å². The van der Waals surface area contributed by atoms with Gasteiger partial charge in [0.05, 0.1) is 17.4 Å². The van der Waals surface area contributed by atoms with Crippen LogP contribution in [0.2, 0.25) is 0 Å². The average molecular weight is 251 g/mol. The number of ether oxygens (including phenoxy) is 1. The van der Waals surface area contributed by atoms with Gasteiger partial charge in [-0.15, -0.1) is 0 Å². The Bertz CT molecular complexity index is 452. The number of carbonyl (C=O) groups is 2. The summed E-state index contributed by atoms with van der Waals surface area (Å²) in [6.45, 7) is 5.31. The molecule has 0 atom stereocenters. The van der Waals surface area contributed by atoms with E-state index in [1.165, 1.54) is 25.5 Å². The Hall–Kier alpha value is -2.11. The number of rotatable bonds is 2. The molecule has 2 amide bonds. The van der Waals surface area contributed by atoms with Crippen LogP contribution in [0, 0.1) is 0 Å². The molecule has 0 aliphatic carbocycles. The van der Waals surface area contributed by atoms with Crippen LogP contribution in [0.5, 0.6) is 0 Å². The Labute approximate surface area is 106 Å². The molecular formula is C12H17N3O3. The lowest BCUT2D eigenvalue weighted by Crippen LogP contribution is -2.27. The second kappa shape index (κ2) is 5.48. The van der Waals surface area contributed by atoms with Crippen LogP contribution in [0.3, 0.4) is 0 Å². The molecule has 2 N–H and O–H groups in total. The van der Waals surface area contributed by atoms with E-state index < -0.39 is 11.7 Å². The molecule has 1 rings (SSSR count). The van der Waals surface area contributed by atoms with E-state index in [4.69, 9.17) is 4.74 Å². The van der Waals surface area contributed by atoms with Gasteiger partial charge < -0.3 is 10.1 Å². The third-order valence-electron chi connectivity index (χ3n) is 1.87. The van der Waals surface area contributed by atoms with E-state index >= 15 is 0 Å². The first-order valence-electron chi connectivity index (χ1n) is 5.49. The molecule has 0 saturated heterocycles. The van der Waals surface area contributed by atoms with Crippen LogP contribution in [0.4, 0.5) is 10.5 Å². The zero-order chi connectivity index (χ0) is 13.8. The molecule has 6 nitrogen and oxygen atoms in total. The van der Waals surface area contributed by atoms with Crippen molar-refractivity contribution < 1.29 is 14.3 Å². The van der Waals surface area contributed by atoms with Gasteiger partial charge in [-0.2, -0.15) is 0 Å². The minimum Gasteiger partial charge on any atom is -0.444 e. The third kappa shape index (κ3) is 4.40. The van der Waals surface area contributed by atoms with Crippen molar-refractivity contribution in [3.8, 4) is 0 Å². The number of aromatic nitrogens is 1. The van der Waals surface area contributed by atoms with Gasteiger partial charge in [-0.1, -0.05) is 0 Å². The summed E-state index contributed by atoms with van der Waals surface area (Å²) in [4.78, 5) is 26.8. The van der Waals surface area contributed by atoms with Gasteiger partial charge in [-0.25, -0.2) is 4.79 Å². The summed E-state index contributed by atoms with van der Waals surface area (Å²) in [5.41, 5.74) is 0.201. The monoisotopic (exact) mass is 251 g/mol. The van der Waals surface area contributed by atoms with Crippen LogP contribution in [0.1, 0.15) is 31.1 Å². The lowest BCUT2D eigenvalue weighted by molar-refractivity contribution is 0.0635. The SMILES string of the molecule is CNC(=O)c1cncc(NC(=O)OC(C)(C)C)c1. The first kappa shape index (κ1) is 14.0. The van der Waals surface area contributed by atoms with Crippen LogP contribution < -0.4 is 10.6 Å². The maximum atomic E-state index is 11.5. The minimum absolute atomic E-state index is 0.268. The summed E-state index contributed by atoms with van der Waals surface area (Å²) in [5, 5.41) is 4.99. The van der Waals surface area contributed by atoms with Crippen LogP contribution in [-0.4, -0.2) is 29.6 Å². The van der Waals surface area contributed by atoms with Crippen molar-refractivity contribution in [3.05, 3.63) is 24.0 Å². The van der Waals surface area contributed by atoms with Crippen LogP contribution in [-0.2, 0) is 4.74 Å². The van der Waals surface area contributed by atoms with Crippen LogP contribution in [0.25, 0.3) is 0 Å². The molecule has 0 spiro atoms. The number of pyridine rings is 1. The number of hydrogen-bond donors (Lipinski definition) is 2. The summed E-state index contributed by atoms with van der Waals surface area (Å²) in [6, 6.07) is 1.52. The molecule has 1 aromatic heterocycles. The molecule has 1 aromatic rings. The number of nitrogens with one attached hydrogen (secondary N) is 2. The highest BCUT2D eigenvalue weighted by atomic mass is 16.6. The predicted octanol–water partition coefficient (Wildman–Crippen LogP) is 1.79. The second-order valence-corrected chi connectivity index (χ2v) is 4.67.